The number of carbonyl (C=O) groups excluding carboxylic acids is 2. The zero-order valence-corrected chi connectivity index (χ0v) is 24.9. The molecule has 0 saturated heterocycles. The van der Waals surface area contributed by atoms with Gasteiger partial charge in [0.15, 0.2) is 5.17 Å². The lowest BCUT2D eigenvalue weighted by atomic mass is 9.93. The Balaban J connectivity index is 1.30. The van der Waals surface area contributed by atoms with E-state index in [1.54, 1.807) is 6.20 Å². The number of rotatable bonds is 10. The van der Waals surface area contributed by atoms with Crippen LogP contribution in [-0.4, -0.2) is 26.9 Å². The number of nitrogens with zero attached hydrogens (tertiary/aromatic N) is 3. The van der Waals surface area contributed by atoms with Gasteiger partial charge in [0.2, 0.25) is 5.91 Å². The largest absolute Gasteiger partial charge is 0.457 e. The summed E-state index contributed by atoms with van der Waals surface area (Å²) in [7, 11) is 0. The molecule has 0 radical (unpaired) electrons. The van der Waals surface area contributed by atoms with Crippen LogP contribution in [0.4, 0.5) is 0 Å². The smallest absolute Gasteiger partial charge is 0.338 e. The van der Waals surface area contributed by atoms with Crippen LogP contribution in [0.25, 0.3) is 0 Å². The second-order valence-corrected chi connectivity index (χ2v) is 11.1. The number of nitrogens with one attached hydrogen (secondary N) is 1. The van der Waals surface area contributed by atoms with Crippen LogP contribution in [0.2, 0.25) is 0 Å². The first kappa shape index (κ1) is 28.9. The minimum absolute atomic E-state index is 0.0982. The van der Waals surface area contributed by atoms with E-state index in [9.17, 15) is 9.59 Å². The van der Waals surface area contributed by atoms with Gasteiger partial charge in [0.05, 0.1) is 36.0 Å². The SMILES string of the molecule is CC1=C(C(=O)OCc2ccccc2)C(c2cccc(Oc3ccccc3)c2)N2C(CC(=O)NCc3ccccn3)=CSC2=N1. The summed E-state index contributed by atoms with van der Waals surface area (Å²) >= 11 is 1.43. The lowest BCUT2D eigenvalue weighted by Gasteiger charge is -2.36. The van der Waals surface area contributed by atoms with Crippen LogP contribution in [0.3, 0.4) is 0 Å². The first-order valence-corrected chi connectivity index (χ1v) is 15.1. The lowest BCUT2D eigenvalue weighted by molar-refractivity contribution is -0.141. The predicted molar refractivity (Wildman–Crippen MR) is 170 cm³/mol. The van der Waals surface area contributed by atoms with Crippen molar-refractivity contribution >= 4 is 28.8 Å². The first-order chi connectivity index (χ1) is 21.5. The van der Waals surface area contributed by atoms with Crippen molar-refractivity contribution in [1.82, 2.24) is 15.2 Å². The van der Waals surface area contributed by atoms with E-state index >= 15 is 0 Å². The molecule has 2 aliphatic heterocycles. The van der Waals surface area contributed by atoms with Crippen LogP contribution < -0.4 is 10.1 Å². The molecule has 3 heterocycles. The zero-order valence-electron chi connectivity index (χ0n) is 24.1. The molecule has 0 aliphatic carbocycles. The average Bonchev–Trinajstić information content (AvgIpc) is 3.45. The van der Waals surface area contributed by atoms with Crippen molar-refractivity contribution in [3.8, 4) is 11.5 Å². The molecule has 8 nitrogen and oxygen atoms in total. The Morgan fingerprint density at radius 3 is 2.43 bits per heavy atom. The van der Waals surface area contributed by atoms with E-state index in [0.717, 1.165) is 22.5 Å². The third-order valence-electron chi connectivity index (χ3n) is 7.12. The van der Waals surface area contributed by atoms with Gasteiger partial charge in [-0.1, -0.05) is 78.5 Å². The first-order valence-electron chi connectivity index (χ1n) is 14.2. The minimum Gasteiger partial charge on any atom is -0.457 e. The Bertz CT molecular complexity index is 1740. The van der Waals surface area contributed by atoms with Gasteiger partial charge >= 0.3 is 5.97 Å². The zero-order chi connectivity index (χ0) is 30.3. The van der Waals surface area contributed by atoms with Gasteiger partial charge < -0.3 is 19.7 Å². The summed E-state index contributed by atoms with van der Waals surface area (Å²) in [5.74, 6) is 0.692. The number of esters is 1. The highest BCUT2D eigenvalue weighted by molar-refractivity contribution is 8.16. The molecule has 1 unspecified atom stereocenters. The molecule has 1 amide bonds. The Labute approximate surface area is 260 Å². The van der Waals surface area contributed by atoms with E-state index in [-0.39, 0.29) is 18.9 Å². The molecule has 44 heavy (non-hydrogen) atoms. The number of aliphatic imine (C=N–C) groups is 1. The van der Waals surface area contributed by atoms with Gasteiger partial charge in [0, 0.05) is 11.9 Å². The summed E-state index contributed by atoms with van der Waals surface area (Å²) < 4.78 is 12.0. The van der Waals surface area contributed by atoms with Crippen LogP contribution >= 0.6 is 11.8 Å². The Morgan fingerprint density at radius 1 is 0.909 bits per heavy atom. The summed E-state index contributed by atoms with van der Waals surface area (Å²) in [6.07, 6.45) is 1.79. The number of fused-ring (bicyclic) bond motifs is 1. The maximum Gasteiger partial charge on any atom is 0.338 e. The normalized spacial score (nSPS) is 15.7. The third kappa shape index (κ3) is 6.74. The van der Waals surface area contributed by atoms with Gasteiger partial charge in [-0.3, -0.25) is 9.78 Å². The number of para-hydroxylation sites is 1. The maximum absolute atomic E-state index is 13.8. The molecule has 220 valence electrons. The molecule has 1 atom stereocenters. The van der Waals surface area contributed by atoms with Crippen LogP contribution in [0.5, 0.6) is 11.5 Å². The summed E-state index contributed by atoms with van der Waals surface area (Å²) in [6.45, 7) is 2.27. The van der Waals surface area contributed by atoms with E-state index in [0.29, 0.717) is 34.5 Å². The highest BCUT2D eigenvalue weighted by Gasteiger charge is 2.41. The molecule has 0 bridgehead atoms. The van der Waals surface area contributed by atoms with Crippen LogP contribution in [0, 0.1) is 0 Å². The molecule has 1 N–H and O–H groups in total. The molecule has 1 aromatic heterocycles. The van der Waals surface area contributed by atoms with Crippen LogP contribution in [0.15, 0.2) is 137 Å². The van der Waals surface area contributed by atoms with Gasteiger partial charge in [-0.05, 0) is 59.9 Å². The fourth-order valence-corrected chi connectivity index (χ4v) is 6.00. The Hall–Kier alpha value is -5.15. The second-order valence-electron chi connectivity index (χ2n) is 10.2. The summed E-state index contributed by atoms with van der Waals surface area (Å²) in [4.78, 5) is 37.9. The van der Waals surface area contributed by atoms with Gasteiger partial charge in [0.25, 0.3) is 0 Å². The number of hydrogen-bond donors (Lipinski definition) is 1. The van der Waals surface area contributed by atoms with E-state index in [4.69, 9.17) is 14.5 Å². The van der Waals surface area contributed by atoms with Crippen LogP contribution in [-0.2, 0) is 27.5 Å². The fraction of sp³-hybridized carbons (Fsp3) is 0.143. The number of allylic oxidation sites excluding steroid dienone is 1. The van der Waals surface area contributed by atoms with E-state index in [1.165, 1.54) is 11.8 Å². The molecular weight excluding hydrogens is 572 g/mol. The van der Waals surface area contributed by atoms with Crippen molar-refractivity contribution in [2.45, 2.75) is 32.5 Å². The quantitative estimate of drug-likeness (QED) is 0.197. The third-order valence-corrected chi connectivity index (χ3v) is 8.01. The molecule has 9 heteroatoms. The number of hydrogen-bond acceptors (Lipinski definition) is 8. The number of ether oxygens (including phenoxy) is 2. The number of amides is 1. The topological polar surface area (TPSA) is 93.1 Å². The van der Waals surface area contributed by atoms with Crippen molar-refractivity contribution in [3.63, 3.8) is 0 Å². The van der Waals surface area contributed by atoms with E-state index in [1.807, 2.05) is 120 Å². The van der Waals surface area contributed by atoms with Crippen molar-refractivity contribution in [2.75, 3.05) is 0 Å². The molecule has 0 fully saturated rings. The van der Waals surface area contributed by atoms with Gasteiger partial charge in [0.1, 0.15) is 18.1 Å². The average molecular weight is 603 g/mol. The van der Waals surface area contributed by atoms with Gasteiger partial charge in [-0.25, -0.2) is 9.79 Å². The molecule has 4 aromatic rings. The lowest BCUT2D eigenvalue weighted by Crippen LogP contribution is -2.38. The molecule has 0 spiro atoms. The van der Waals surface area contributed by atoms with Crippen molar-refractivity contribution in [1.29, 1.82) is 0 Å². The molecule has 2 aliphatic rings. The Morgan fingerprint density at radius 2 is 1.66 bits per heavy atom. The molecular formula is C35H30N4O4S. The second kappa shape index (κ2) is 13.4. The number of benzene rings is 3. The van der Waals surface area contributed by atoms with Gasteiger partial charge in [-0.2, -0.15) is 0 Å². The van der Waals surface area contributed by atoms with E-state index < -0.39 is 12.0 Å². The Kier molecular flexibility index (Phi) is 8.84. The van der Waals surface area contributed by atoms with Crippen molar-refractivity contribution < 1.29 is 19.1 Å². The minimum atomic E-state index is -0.588. The van der Waals surface area contributed by atoms with Gasteiger partial charge in [-0.15, -0.1) is 0 Å². The molecule has 3 aromatic carbocycles. The van der Waals surface area contributed by atoms with Crippen molar-refractivity contribution in [3.05, 3.63) is 149 Å². The summed E-state index contributed by atoms with van der Waals surface area (Å²) in [5, 5.41) is 5.56. The highest BCUT2D eigenvalue weighted by Crippen LogP contribution is 2.45. The number of amidine groups is 1. The predicted octanol–water partition coefficient (Wildman–Crippen LogP) is 6.90. The number of thioether (sulfide) groups is 1. The monoisotopic (exact) mass is 602 g/mol. The van der Waals surface area contributed by atoms with E-state index in [2.05, 4.69) is 10.3 Å². The molecule has 0 saturated carbocycles. The standard InChI is InChI=1S/C35H30N4O4S/c1-24-32(34(41)42-22-25-11-4-2-5-12-25)33(26-13-10-17-30(19-26)43-29-15-6-3-7-16-29)39-28(23-44-35(39)38-24)20-31(40)37-21-27-14-8-9-18-36-27/h2-19,23,33H,20-22H2,1H3,(H,37,40). The summed E-state index contributed by atoms with van der Waals surface area (Å²) in [6, 6.07) is 31.7. The highest BCUT2D eigenvalue weighted by atomic mass is 32.2. The van der Waals surface area contributed by atoms with Crippen LogP contribution in [0.1, 0.15) is 36.2 Å². The number of aromatic nitrogens is 1. The maximum atomic E-state index is 13.8. The number of carbonyl (C=O) groups is 2. The molecule has 6 rings (SSSR count). The summed E-state index contributed by atoms with van der Waals surface area (Å²) in [5.41, 5.74) is 4.16. The number of pyridine rings is 1. The van der Waals surface area contributed by atoms with Crippen molar-refractivity contribution in [2.24, 2.45) is 4.99 Å². The fourth-order valence-electron chi connectivity index (χ4n) is 5.04.